The molecular formula is C15H9FN4. The van der Waals surface area contributed by atoms with Crippen LogP contribution in [0.5, 0.6) is 0 Å². The number of nitrogens with zero attached hydrogens (tertiary/aromatic N) is 3. The zero-order valence-corrected chi connectivity index (χ0v) is 10.3. The van der Waals surface area contributed by atoms with Crippen molar-refractivity contribution in [1.82, 2.24) is 19.9 Å². The van der Waals surface area contributed by atoms with Gasteiger partial charge in [0.15, 0.2) is 5.82 Å². The molecular weight excluding hydrogens is 254 g/mol. The van der Waals surface area contributed by atoms with Crippen LogP contribution in [0.3, 0.4) is 0 Å². The zero-order valence-electron chi connectivity index (χ0n) is 10.3. The molecule has 1 N–H and O–H groups in total. The van der Waals surface area contributed by atoms with E-state index in [0.717, 1.165) is 21.9 Å². The largest absolute Gasteiger partial charge is 0.339 e. The number of nitrogens with one attached hydrogen (secondary N) is 1. The van der Waals surface area contributed by atoms with Crippen LogP contribution in [-0.2, 0) is 0 Å². The molecule has 0 radical (unpaired) electrons. The first-order chi connectivity index (χ1) is 9.83. The highest BCUT2D eigenvalue weighted by atomic mass is 18.2. The fraction of sp³-hybridized carbons (Fsp3) is 0. The Morgan fingerprint density at radius 2 is 1.75 bits per heavy atom. The molecule has 0 aliphatic heterocycles. The lowest BCUT2D eigenvalue weighted by atomic mass is 10.1. The van der Waals surface area contributed by atoms with E-state index < -0.39 is 0 Å². The molecule has 4 heterocycles. The van der Waals surface area contributed by atoms with Crippen LogP contribution in [-0.4, -0.2) is 19.9 Å². The van der Waals surface area contributed by atoms with Crippen LogP contribution in [0.4, 0.5) is 4.39 Å². The molecule has 4 aromatic heterocycles. The number of aromatic nitrogens is 4. The Morgan fingerprint density at radius 3 is 2.65 bits per heavy atom. The van der Waals surface area contributed by atoms with Crippen molar-refractivity contribution in [3.8, 4) is 11.3 Å². The lowest BCUT2D eigenvalue weighted by molar-refractivity contribution is 0.624. The van der Waals surface area contributed by atoms with E-state index in [4.69, 9.17) is 0 Å². The average Bonchev–Trinajstić information content (AvgIpc) is 2.85. The van der Waals surface area contributed by atoms with Crippen molar-refractivity contribution in [1.29, 1.82) is 0 Å². The Morgan fingerprint density at radius 1 is 0.900 bits per heavy atom. The predicted molar refractivity (Wildman–Crippen MR) is 74.6 cm³/mol. The lowest BCUT2D eigenvalue weighted by Gasteiger charge is -2.01. The van der Waals surface area contributed by atoms with E-state index in [9.17, 15) is 4.39 Å². The summed E-state index contributed by atoms with van der Waals surface area (Å²) in [6.45, 7) is 0. The van der Waals surface area contributed by atoms with Crippen molar-refractivity contribution >= 4 is 21.9 Å². The minimum absolute atomic E-state index is 0.378. The van der Waals surface area contributed by atoms with E-state index in [1.807, 2.05) is 12.1 Å². The fourth-order valence-corrected chi connectivity index (χ4v) is 2.35. The van der Waals surface area contributed by atoms with Gasteiger partial charge in [0.25, 0.3) is 0 Å². The Balaban J connectivity index is 2.00. The molecule has 0 fully saturated rings. The first-order valence-electron chi connectivity index (χ1n) is 6.15. The number of H-pyrrole nitrogens is 1. The number of hydrogen-bond acceptors (Lipinski definition) is 3. The highest BCUT2D eigenvalue weighted by Gasteiger charge is 2.10. The molecule has 4 rings (SSSR count). The van der Waals surface area contributed by atoms with Gasteiger partial charge in [-0.2, -0.15) is 0 Å². The van der Waals surface area contributed by atoms with Crippen molar-refractivity contribution in [2.45, 2.75) is 0 Å². The summed E-state index contributed by atoms with van der Waals surface area (Å²) in [5.74, 6) is -0.378. The van der Waals surface area contributed by atoms with Gasteiger partial charge in [0, 0.05) is 34.9 Å². The summed E-state index contributed by atoms with van der Waals surface area (Å²) in [5.41, 5.74) is 2.71. The molecule has 0 aliphatic carbocycles. The highest BCUT2D eigenvalue weighted by Crippen LogP contribution is 2.27. The quantitative estimate of drug-likeness (QED) is 0.573. The Labute approximate surface area is 113 Å². The van der Waals surface area contributed by atoms with Gasteiger partial charge in [0.1, 0.15) is 5.65 Å². The summed E-state index contributed by atoms with van der Waals surface area (Å²) < 4.78 is 13.8. The van der Waals surface area contributed by atoms with Gasteiger partial charge in [-0.3, -0.25) is 9.97 Å². The van der Waals surface area contributed by atoms with Crippen LogP contribution in [0.2, 0.25) is 0 Å². The van der Waals surface area contributed by atoms with Gasteiger partial charge in [0.2, 0.25) is 0 Å². The van der Waals surface area contributed by atoms with Gasteiger partial charge in [-0.25, -0.2) is 9.37 Å². The van der Waals surface area contributed by atoms with E-state index in [0.29, 0.717) is 11.3 Å². The third-order valence-corrected chi connectivity index (χ3v) is 3.31. The Hall–Kier alpha value is -2.82. The number of halogens is 1. The second-order valence-corrected chi connectivity index (χ2v) is 4.49. The molecule has 0 atom stereocenters. The first kappa shape index (κ1) is 11.0. The van der Waals surface area contributed by atoms with E-state index >= 15 is 0 Å². The second-order valence-electron chi connectivity index (χ2n) is 4.49. The molecule has 4 nitrogen and oxygen atoms in total. The van der Waals surface area contributed by atoms with Crippen LogP contribution >= 0.6 is 0 Å². The first-order valence-corrected chi connectivity index (χ1v) is 6.15. The topological polar surface area (TPSA) is 54.5 Å². The number of rotatable bonds is 1. The van der Waals surface area contributed by atoms with Crippen molar-refractivity contribution in [3.05, 3.63) is 54.9 Å². The van der Waals surface area contributed by atoms with Crippen LogP contribution in [0, 0.1) is 5.82 Å². The molecule has 96 valence electrons. The summed E-state index contributed by atoms with van der Waals surface area (Å²) in [6, 6.07) is 7.25. The van der Waals surface area contributed by atoms with Crippen LogP contribution in [0.15, 0.2) is 49.1 Å². The standard InChI is InChI=1S/C15H9FN4/c16-12-8-18-5-3-10(12)13-2-1-9-11-7-17-6-4-14(11)20-15(9)19-13/h1-8H,(H,19,20)/i16-1. The molecule has 0 saturated heterocycles. The summed E-state index contributed by atoms with van der Waals surface area (Å²) in [5, 5.41) is 1.99. The number of hydrogen-bond donors (Lipinski definition) is 1. The van der Waals surface area contributed by atoms with E-state index in [2.05, 4.69) is 19.9 Å². The summed E-state index contributed by atoms with van der Waals surface area (Å²) in [7, 11) is 0. The van der Waals surface area contributed by atoms with Crippen LogP contribution in [0.25, 0.3) is 33.2 Å². The minimum atomic E-state index is -0.378. The SMILES string of the molecule is [18F]c1cnccc1-c1ccc2c(n1)[nH]c1ccncc12. The van der Waals surface area contributed by atoms with Crippen molar-refractivity contribution < 1.29 is 4.39 Å². The van der Waals surface area contributed by atoms with Gasteiger partial charge >= 0.3 is 0 Å². The summed E-state index contributed by atoms with van der Waals surface area (Å²) in [6.07, 6.45) is 6.26. The Bertz CT molecular complexity index is 929. The molecule has 0 amide bonds. The smallest absolute Gasteiger partial charge is 0.150 e. The third kappa shape index (κ3) is 1.56. The average molecular weight is 263 g/mol. The van der Waals surface area contributed by atoms with Crippen LogP contribution < -0.4 is 0 Å². The maximum Gasteiger partial charge on any atom is 0.150 e. The molecule has 5 heteroatoms. The highest BCUT2D eigenvalue weighted by molar-refractivity contribution is 6.05. The maximum absolute atomic E-state index is 13.8. The number of aromatic amines is 1. The molecule has 0 aliphatic rings. The molecule has 20 heavy (non-hydrogen) atoms. The predicted octanol–water partition coefficient (Wildman–Crippen LogP) is 3.31. The normalized spacial score (nSPS) is 11.2. The monoisotopic (exact) mass is 263 g/mol. The molecule has 0 saturated carbocycles. The lowest BCUT2D eigenvalue weighted by Crippen LogP contribution is -1.89. The molecule has 0 unspecified atom stereocenters. The Kier molecular flexibility index (Phi) is 2.26. The molecule has 0 aromatic carbocycles. The fourth-order valence-electron chi connectivity index (χ4n) is 2.35. The van der Waals surface area contributed by atoms with Crippen molar-refractivity contribution in [2.24, 2.45) is 0 Å². The number of fused-ring (bicyclic) bond motifs is 3. The molecule has 0 spiro atoms. The van der Waals surface area contributed by atoms with Crippen molar-refractivity contribution in [3.63, 3.8) is 0 Å². The van der Waals surface area contributed by atoms with Gasteiger partial charge < -0.3 is 4.98 Å². The third-order valence-electron chi connectivity index (χ3n) is 3.31. The summed E-state index contributed by atoms with van der Waals surface area (Å²) >= 11 is 0. The van der Waals surface area contributed by atoms with Gasteiger partial charge in [0.05, 0.1) is 17.4 Å². The van der Waals surface area contributed by atoms with Crippen LogP contribution in [0.1, 0.15) is 0 Å². The molecule has 0 bridgehead atoms. The number of pyridine rings is 3. The minimum Gasteiger partial charge on any atom is -0.339 e. The molecule has 4 aromatic rings. The van der Waals surface area contributed by atoms with Gasteiger partial charge in [-0.1, -0.05) is 0 Å². The summed E-state index contributed by atoms with van der Waals surface area (Å²) in [4.78, 5) is 15.6. The second kappa shape index (κ2) is 4.09. The van der Waals surface area contributed by atoms with E-state index in [1.54, 1.807) is 30.7 Å². The van der Waals surface area contributed by atoms with E-state index in [1.165, 1.54) is 6.20 Å². The van der Waals surface area contributed by atoms with E-state index in [-0.39, 0.29) is 5.82 Å². The van der Waals surface area contributed by atoms with Gasteiger partial charge in [-0.15, -0.1) is 0 Å². The van der Waals surface area contributed by atoms with Gasteiger partial charge in [-0.05, 0) is 24.3 Å². The maximum atomic E-state index is 13.8. The zero-order chi connectivity index (χ0) is 13.5. The van der Waals surface area contributed by atoms with Crippen molar-refractivity contribution in [2.75, 3.05) is 0 Å².